The van der Waals surface area contributed by atoms with Crippen LogP contribution < -0.4 is 15.5 Å². The van der Waals surface area contributed by atoms with E-state index in [-0.39, 0.29) is 41.4 Å². The number of nitrogens with one attached hydrogen (secondary N) is 2. The highest BCUT2D eigenvalue weighted by molar-refractivity contribution is 5.95. The van der Waals surface area contributed by atoms with Gasteiger partial charge in [-0.15, -0.1) is 0 Å². The monoisotopic (exact) mass is 450 g/mol. The molecule has 3 aliphatic heterocycles. The van der Waals surface area contributed by atoms with Gasteiger partial charge in [-0.3, -0.25) is 19.3 Å². The minimum Gasteiger partial charge on any atom is -0.353 e. The van der Waals surface area contributed by atoms with E-state index in [4.69, 9.17) is 0 Å². The van der Waals surface area contributed by atoms with Gasteiger partial charge in [-0.2, -0.15) is 0 Å². The van der Waals surface area contributed by atoms with Gasteiger partial charge in [-0.1, -0.05) is 24.3 Å². The van der Waals surface area contributed by atoms with Crippen LogP contribution in [0.2, 0.25) is 0 Å². The molecule has 172 valence electrons. The number of benzene rings is 2. The molecule has 0 aliphatic carbocycles. The Balaban J connectivity index is 1.20. The molecule has 3 atom stereocenters. The Bertz CT molecular complexity index is 1090. The molecule has 3 amide bonds. The van der Waals surface area contributed by atoms with Gasteiger partial charge in [-0.25, -0.2) is 4.39 Å². The average molecular weight is 451 g/mol. The van der Waals surface area contributed by atoms with Crippen molar-refractivity contribution in [3.8, 4) is 0 Å². The third-order valence-corrected chi connectivity index (χ3v) is 6.92. The van der Waals surface area contributed by atoms with Crippen LogP contribution in [0.3, 0.4) is 0 Å². The number of carbonyl (C=O) groups excluding carboxylic acids is 3. The van der Waals surface area contributed by atoms with E-state index in [1.165, 1.54) is 23.8 Å². The predicted octanol–water partition coefficient (Wildman–Crippen LogP) is 1.87. The highest BCUT2D eigenvalue weighted by Gasteiger charge is 2.44. The quantitative estimate of drug-likeness (QED) is 0.729. The molecule has 2 saturated heterocycles. The van der Waals surface area contributed by atoms with Gasteiger partial charge >= 0.3 is 0 Å². The van der Waals surface area contributed by atoms with Gasteiger partial charge in [0.25, 0.3) is 5.91 Å². The molecular weight excluding hydrogens is 423 g/mol. The molecule has 3 unspecified atom stereocenters. The standard InChI is InChI=1S/C25H27FN4O3/c26-18-6-3-5-17(12-18)24(32)28-19-13-22-25(33)27-14-20(30(22)15-19)8-9-23(31)29-11-10-16-4-1-2-7-21(16)29/h1-7,12,19-20,22H,8-11,13-15H2,(H,27,33)(H,28,32). The van der Waals surface area contributed by atoms with Crippen LogP contribution in [0.4, 0.5) is 10.1 Å². The topological polar surface area (TPSA) is 81.8 Å². The summed E-state index contributed by atoms with van der Waals surface area (Å²) in [6.45, 7) is 1.73. The first kappa shape index (κ1) is 21.6. The van der Waals surface area contributed by atoms with E-state index >= 15 is 0 Å². The van der Waals surface area contributed by atoms with Crippen molar-refractivity contribution < 1.29 is 18.8 Å². The van der Waals surface area contributed by atoms with Crippen LogP contribution in [0, 0.1) is 5.82 Å². The summed E-state index contributed by atoms with van der Waals surface area (Å²) >= 11 is 0. The Labute approximate surface area is 191 Å². The van der Waals surface area contributed by atoms with E-state index in [0.717, 1.165) is 12.1 Å². The van der Waals surface area contributed by atoms with E-state index in [2.05, 4.69) is 21.6 Å². The number of amides is 3. The van der Waals surface area contributed by atoms with Crippen molar-refractivity contribution in [1.82, 2.24) is 15.5 Å². The van der Waals surface area contributed by atoms with Crippen LogP contribution in [-0.4, -0.2) is 60.4 Å². The third kappa shape index (κ3) is 4.35. The highest BCUT2D eigenvalue weighted by atomic mass is 19.1. The van der Waals surface area contributed by atoms with E-state index in [0.29, 0.717) is 38.9 Å². The van der Waals surface area contributed by atoms with Crippen molar-refractivity contribution in [3.63, 3.8) is 0 Å². The van der Waals surface area contributed by atoms with E-state index in [9.17, 15) is 18.8 Å². The van der Waals surface area contributed by atoms with Crippen molar-refractivity contribution >= 4 is 23.4 Å². The van der Waals surface area contributed by atoms with Gasteiger partial charge in [0.05, 0.1) is 6.04 Å². The van der Waals surface area contributed by atoms with Crippen molar-refractivity contribution in [2.24, 2.45) is 0 Å². The number of anilines is 1. The molecule has 0 radical (unpaired) electrons. The largest absolute Gasteiger partial charge is 0.353 e. The van der Waals surface area contributed by atoms with Gasteiger partial charge in [0.2, 0.25) is 11.8 Å². The number of carbonyl (C=O) groups is 3. The molecular formula is C25H27FN4O3. The number of nitrogens with zero attached hydrogens (tertiary/aromatic N) is 2. The smallest absolute Gasteiger partial charge is 0.251 e. The molecule has 5 rings (SSSR count). The maximum absolute atomic E-state index is 13.5. The number of hydrogen-bond donors (Lipinski definition) is 2. The van der Waals surface area contributed by atoms with Crippen LogP contribution in [0.5, 0.6) is 0 Å². The number of hydrogen-bond acceptors (Lipinski definition) is 4. The third-order valence-electron chi connectivity index (χ3n) is 6.92. The van der Waals surface area contributed by atoms with E-state index < -0.39 is 5.82 Å². The Hall–Kier alpha value is -3.26. The van der Waals surface area contributed by atoms with Gasteiger partial charge in [-0.05, 0) is 49.1 Å². The molecule has 3 heterocycles. The fraction of sp³-hybridized carbons (Fsp3) is 0.400. The van der Waals surface area contributed by atoms with Crippen molar-refractivity contribution in [2.45, 2.75) is 43.8 Å². The summed E-state index contributed by atoms with van der Waals surface area (Å²) in [5.41, 5.74) is 2.46. The Morgan fingerprint density at radius 2 is 2.00 bits per heavy atom. The maximum Gasteiger partial charge on any atom is 0.251 e. The first-order valence-electron chi connectivity index (χ1n) is 11.5. The van der Waals surface area contributed by atoms with Crippen molar-refractivity contribution in [1.29, 1.82) is 0 Å². The molecule has 2 fully saturated rings. The molecule has 0 saturated carbocycles. The summed E-state index contributed by atoms with van der Waals surface area (Å²) in [4.78, 5) is 41.9. The van der Waals surface area contributed by atoms with Crippen LogP contribution in [0.1, 0.15) is 35.2 Å². The van der Waals surface area contributed by atoms with Crippen LogP contribution >= 0.6 is 0 Å². The molecule has 2 aromatic rings. The second-order valence-corrected chi connectivity index (χ2v) is 8.99. The first-order valence-corrected chi connectivity index (χ1v) is 11.5. The molecule has 2 N–H and O–H groups in total. The summed E-state index contributed by atoms with van der Waals surface area (Å²) in [5, 5.41) is 5.90. The lowest BCUT2D eigenvalue weighted by molar-refractivity contribution is -0.129. The van der Waals surface area contributed by atoms with Gasteiger partial charge in [0.15, 0.2) is 0 Å². The number of fused-ring (bicyclic) bond motifs is 2. The summed E-state index contributed by atoms with van der Waals surface area (Å²) < 4.78 is 13.5. The summed E-state index contributed by atoms with van der Waals surface area (Å²) in [6.07, 6.45) is 2.41. The van der Waals surface area contributed by atoms with Crippen molar-refractivity contribution in [2.75, 3.05) is 24.5 Å². The maximum atomic E-state index is 13.5. The zero-order valence-corrected chi connectivity index (χ0v) is 18.3. The highest BCUT2D eigenvalue weighted by Crippen LogP contribution is 2.30. The summed E-state index contributed by atoms with van der Waals surface area (Å²) in [5.74, 6) is -0.757. The molecule has 0 bridgehead atoms. The van der Waals surface area contributed by atoms with Crippen molar-refractivity contribution in [3.05, 3.63) is 65.5 Å². The summed E-state index contributed by atoms with van der Waals surface area (Å²) in [6, 6.07) is 13.1. The lowest BCUT2D eigenvalue weighted by atomic mass is 10.0. The molecule has 0 aromatic heterocycles. The number of halogens is 1. The van der Waals surface area contributed by atoms with Gasteiger partial charge < -0.3 is 15.5 Å². The Morgan fingerprint density at radius 3 is 2.85 bits per heavy atom. The van der Waals surface area contributed by atoms with E-state index in [1.807, 2.05) is 23.1 Å². The average Bonchev–Trinajstić information content (AvgIpc) is 3.43. The van der Waals surface area contributed by atoms with Crippen LogP contribution in [-0.2, 0) is 16.0 Å². The lowest BCUT2D eigenvalue weighted by Gasteiger charge is -2.37. The second-order valence-electron chi connectivity index (χ2n) is 8.99. The molecule has 2 aromatic carbocycles. The lowest BCUT2D eigenvalue weighted by Crippen LogP contribution is -2.58. The number of piperazine rings is 1. The van der Waals surface area contributed by atoms with Crippen LogP contribution in [0.15, 0.2) is 48.5 Å². The normalized spacial score (nSPS) is 24.2. The number of rotatable bonds is 5. The molecule has 33 heavy (non-hydrogen) atoms. The first-order chi connectivity index (χ1) is 16.0. The minimum atomic E-state index is -0.462. The molecule has 7 nitrogen and oxygen atoms in total. The molecule has 0 spiro atoms. The second kappa shape index (κ2) is 8.94. The fourth-order valence-electron chi connectivity index (χ4n) is 5.27. The minimum absolute atomic E-state index is 0.0329. The van der Waals surface area contributed by atoms with Gasteiger partial charge in [0.1, 0.15) is 5.82 Å². The van der Waals surface area contributed by atoms with Crippen LogP contribution in [0.25, 0.3) is 0 Å². The fourth-order valence-corrected chi connectivity index (χ4v) is 5.27. The van der Waals surface area contributed by atoms with E-state index in [1.54, 1.807) is 6.07 Å². The zero-order chi connectivity index (χ0) is 22.9. The predicted molar refractivity (Wildman–Crippen MR) is 121 cm³/mol. The summed E-state index contributed by atoms with van der Waals surface area (Å²) in [7, 11) is 0. The van der Waals surface area contributed by atoms with Gasteiger partial charge in [0, 0.05) is 49.4 Å². The SMILES string of the molecule is O=C(NC1CC2C(=O)NCC(CCC(=O)N3CCc4ccccc43)N2C1)c1cccc(F)c1. The molecule has 3 aliphatic rings. The number of para-hydroxylation sites is 1. The molecule has 8 heteroatoms. The Kier molecular flexibility index (Phi) is 5.85. The zero-order valence-electron chi connectivity index (χ0n) is 18.3. The Morgan fingerprint density at radius 1 is 1.15 bits per heavy atom.